The lowest BCUT2D eigenvalue weighted by Crippen LogP contribution is -2.00. The summed E-state index contributed by atoms with van der Waals surface area (Å²) in [5.41, 5.74) is 0. The van der Waals surface area contributed by atoms with Crippen LogP contribution in [0.5, 0.6) is 0 Å². The largest absolute Gasteiger partial charge is 0.463 e. The highest BCUT2D eigenvalue weighted by atomic mass is 16.5. The fourth-order valence-corrected chi connectivity index (χ4v) is 0.376. The molecular formula is C7H10O4. The topological polar surface area (TPSA) is 52.6 Å². The first-order valence-electron chi connectivity index (χ1n) is 3.17. The highest BCUT2D eigenvalue weighted by Crippen LogP contribution is 1.83. The third-order valence-corrected chi connectivity index (χ3v) is 0.725. The Kier molecular flexibility index (Phi) is 4.81. The van der Waals surface area contributed by atoms with Crippen LogP contribution in [0, 0.1) is 0 Å². The van der Waals surface area contributed by atoms with Crippen molar-refractivity contribution in [2.24, 2.45) is 0 Å². The second kappa shape index (κ2) is 5.46. The monoisotopic (exact) mass is 158 g/mol. The molecule has 0 bridgehead atoms. The van der Waals surface area contributed by atoms with Gasteiger partial charge in [-0.3, -0.25) is 4.79 Å². The smallest absolute Gasteiger partial charge is 0.333 e. The SMILES string of the molecule is CCOC(=O)C=COC(C)=O. The van der Waals surface area contributed by atoms with Crippen molar-refractivity contribution in [3.63, 3.8) is 0 Å². The molecule has 0 heterocycles. The number of esters is 2. The Labute approximate surface area is 64.8 Å². The summed E-state index contributed by atoms with van der Waals surface area (Å²) in [4.78, 5) is 20.7. The molecule has 0 unspecified atom stereocenters. The summed E-state index contributed by atoms with van der Waals surface area (Å²) >= 11 is 0. The number of hydrogen-bond acceptors (Lipinski definition) is 4. The van der Waals surface area contributed by atoms with Gasteiger partial charge < -0.3 is 9.47 Å². The highest BCUT2D eigenvalue weighted by Gasteiger charge is 1.93. The second-order valence-electron chi connectivity index (χ2n) is 1.66. The third-order valence-electron chi connectivity index (χ3n) is 0.725. The van der Waals surface area contributed by atoms with E-state index >= 15 is 0 Å². The molecule has 0 atom stereocenters. The summed E-state index contributed by atoms with van der Waals surface area (Å²) in [5.74, 6) is -0.987. The van der Waals surface area contributed by atoms with Gasteiger partial charge in [0.2, 0.25) is 0 Å². The molecule has 0 amide bonds. The maximum Gasteiger partial charge on any atom is 0.333 e. The zero-order valence-corrected chi connectivity index (χ0v) is 6.49. The predicted octanol–water partition coefficient (Wildman–Crippen LogP) is 0.626. The van der Waals surface area contributed by atoms with Crippen molar-refractivity contribution < 1.29 is 19.1 Å². The van der Waals surface area contributed by atoms with Gasteiger partial charge in [-0.2, -0.15) is 0 Å². The number of carbonyl (C=O) groups excluding carboxylic acids is 2. The molecule has 0 aromatic heterocycles. The van der Waals surface area contributed by atoms with Crippen LogP contribution >= 0.6 is 0 Å². The summed E-state index contributed by atoms with van der Waals surface area (Å²) in [6.07, 6.45) is 2.05. The molecule has 0 N–H and O–H groups in total. The van der Waals surface area contributed by atoms with Crippen LogP contribution in [-0.2, 0) is 19.1 Å². The van der Waals surface area contributed by atoms with Crippen LogP contribution in [0.15, 0.2) is 12.3 Å². The van der Waals surface area contributed by atoms with Gasteiger partial charge in [0.25, 0.3) is 0 Å². The normalized spacial score (nSPS) is 9.64. The third kappa shape index (κ3) is 6.57. The molecule has 0 aromatic carbocycles. The molecule has 0 spiro atoms. The van der Waals surface area contributed by atoms with E-state index in [9.17, 15) is 9.59 Å². The number of carbonyl (C=O) groups is 2. The van der Waals surface area contributed by atoms with Crippen molar-refractivity contribution in [2.45, 2.75) is 13.8 Å². The van der Waals surface area contributed by atoms with Gasteiger partial charge in [-0.05, 0) is 6.92 Å². The van der Waals surface area contributed by atoms with Gasteiger partial charge in [0.05, 0.1) is 12.7 Å². The molecule has 4 nitrogen and oxygen atoms in total. The molecule has 62 valence electrons. The van der Waals surface area contributed by atoms with Crippen molar-refractivity contribution in [2.75, 3.05) is 6.61 Å². The first kappa shape index (κ1) is 9.68. The second-order valence-corrected chi connectivity index (χ2v) is 1.66. The molecule has 0 aromatic rings. The van der Waals surface area contributed by atoms with Crippen molar-refractivity contribution in [3.8, 4) is 0 Å². The van der Waals surface area contributed by atoms with Gasteiger partial charge in [0.1, 0.15) is 6.26 Å². The van der Waals surface area contributed by atoms with E-state index < -0.39 is 11.9 Å². The van der Waals surface area contributed by atoms with E-state index in [-0.39, 0.29) is 0 Å². The van der Waals surface area contributed by atoms with Gasteiger partial charge in [-0.1, -0.05) is 0 Å². The molecule has 4 heteroatoms. The number of ether oxygens (including phenoxy) is 2. The Morgan fingerprint density at radius 2 is 2.09 bits per heavy atom. The van der Waals surface area contributed by atoms with Crippen molar-refractivity contribution in [1.82, 2.24) is 0 Å². The van der Waals surface area contributed by atoms with E-state index in [1.807, 2.05) is 0 Å². The van der Waals surface area contributed by atoms with E-state index in [1.165, 1.54) is 6.92 Å². The van der Waals surface area contributed by atoms with Gasteiger partial charge in [-0.25, -0.2) is 4.79 Å². The van der Waals surface area contributed by atoms with Crippen LogP contribution < -0.4 is 0 Å². The zero-order chi connectivity index (χ0) is 8.69. The summed E-state index contributed by atoms with van der Waals surface area (Å²) in [5, 5.41) is 0. The summed E-state index contributed by atoms with van der Waals surface area (Å²) in [6.45, 7) is 3.25. The van der Waals surface area contributed by atoms with E-state index in [0.29, 0.717) is 6.61 Å². The summed E-state index contributed by atoms with van der Waals surface area (Å²) in [7, 11) is 0. The minimum atomic E-state index is -0.520. The van der Waals surface area contributed by atoms with Crippen LogP contribution in [0.1, 0.15) is 13.8 Å². The van der Waals surface area contributed by atoms with Gasteiger partial charge >= 0.3 is 11.9 Å². The van der Waals surface area contributed by atoms with E-state index in [4.69, 9.17) is 0 Å². The molecule has 0 aliphatic heterocycles. The van der Waals surface area contributed by atoms with Crippen LogP contribution in [0.4, 0.5) is 0 Å². The molecule has 0 aliphatic rings. The summed E-state index contributed by atoms with van der Waals surface area (Å²) in [6, 6.07) is 0. The Balaban J connectivity index is 3.56. The molecule has 11 heavy (non-hydrogen) atoms. The molecule has 0 rings (SSSR count). The quantitative estimate of drug-likeness (QED) is 0.343. The van der Waals surface area contributed by atoms with Crippen molar-refractivity contribution >= 4 is 11.9 Å². The Morgan fingerprint density at radius 1 is 1.45 bits per heavy atom. The molecule has 0 aliphatic carbocycles. The lowest BCUT2D eigenvalue weighted by atomic mass is 10.6. The Morgan fingerprint density at radius 3 is 2.55 bits per heavy atom. The standard InChI is InChI=1S/C7H10O4/c1-3-10-7(9)4-5-11-6(2)8/h4-5H,3H2,1-2H3. The van der Waals surface area contributed by atoms with Crippen molar-refractivity contribution in [3.05, 3.63) is 12.3 Å². The van der Waals surface area contributed by atoms with E-state index in [1.54, 1.807) is 6.92 Å². The highest BCUT2D eigenvalue weighted by molar-refractivity contribution is 5.82. The van der Waals surface area contributed by atoms with Crippen LogP contribution in [0.2, 0.25) is 0 Å². The fourth-order valence-electron chi connectivity index (χ4n) is 0.376. The maximum absolute atomic E-state index is 10.5. The molecule has 0 saturated heterocycles. The molecule has 0 fully saturated rings. The van der Waals surface area contributed by atoms with Gasteiger partial charge in [0.15, 0.2) is 0 Å². The van der Waals surface area contributed by atoms with Crippen LogP contribution in [0.25, 0.3) is 0 Å². The van der Waals surface area contributed by atoms with Gasteiger partial charge in [0, 0.05) is 6.92 Å². The van der Waals surface area contributed by atoms with E-state index in [0.717, 1.165) is 12.3 Å². The zero-order valence-electron chi connectivity index (χ0n) is 6.49. The average molecular weight is 158 g/mol. The van der Waals surface area contributed by atoms with Crippen LogP contribution in [0.3, 0.4) is 0 Å². The first-order valence-corrected chi connectivity index (χ1v) is 3.17. The lowest BCUT2D eigenvalue weighted by Gasteiger charge is -1.93. The fraction of sp³-hybridized carbons (Fsp3) is 0.429. The minimum absolute atomic E-state index is 0.309. The Hall–Kier alpha value is -1.32. The lowest BCUT2D eigenvalue weighted by molar-refractivity contribution is -0.137. The maximum atomic E-state index is 10.5. The van der Waals surface area contributed by atoms with Gasteiger partial charge in [-0.15, -0.1) is 0 Å². The van der Waals surface area contributed by atoms with Crippen LogP contribution in [-0.4, -0.2) is 18.5 Å². The average Bonchev–Trinajstić information content (AvgIpc) is 1.87. The molecule has 0 saturated carbocycles. The number of rotatable bonds is 3. The van der Waals surface area contributed by atoms with E-state index in [2.05, 4.69) is 9.47 Å². The number of hydrogen-bond donors (Lipinski definition) is 0. The molecule has 0 radical (unpaired) electrons. The molecular weight excluding hydrogens is 148 g/mol. The Bertz CT molecular complexity index is 171. The summed E-state index contributed by atoms with van der Waals surface area (Å²) < 4.78 is 8.85. The first-order chi connectivity index (χ1) is 5.16. The minimum Gasteiger partial charge on any atom is -0.463 e. The van der Waals surface area contributed by atoms with Crippen molar-refractivity contribution in [1.29, 1.82) is 0 Å². The predicted molar refractivity (Wildman–Crippen MR) is 37.5 cm³/mol.